The molecule has 2 aromatic carbocycles. The Morgan fingerprint density at radius 2 is 2.00 bits per heavy atom. The summed E-state index contributed by atoms with van der Waals surface area (Å²) in [5, 5.41) is 11.4. The molecule has 3 rings (SSSR count). The molecule has 1 aromatic heterocycles. The number of imidazole rings is 1. The molecule has 0 spiro atoms. The largest absolute Gasteiger partial charge is 0.333 e. The number of hydrogen-bond donors (Lipinski definition) is 1. The monoisotopic (exact) mass is 289 g/mol. The summed E-state index contributed by atoms with van der Waals surface area (Å²) in [4.78, 5) is 17.8. The van der Waals surface area contributed by atoms with E-state index in [9.17, 15) is 14.5 Å². The number of rotatable bonds is 3. The normalized spacial score (nSPS) is 10.8. The molecule has 20 heavy (non-hydrogen) atoms. The summed E-state index contributed by atoms with van der Waals surface area (Å²) in [7, 11) is 0. The Morgan fingerprint density at radius 3 is 2.75 bits per heavy atom. The van der Waals surface area contributed by atoms with Gasteiger partial charge in [-0.25, -0.2) is 4.98 Å². The van der Waals surface area contributed by atoms with Crippen molar-refractivity contribution in [3.63, 3.8) is 0 Å². The first-order valence-corrected chi connectivity index (χ1v) is 6.52. The number of halogens is 1. The topological polar surface area (TPSA) is 71.8 Å². The van der Waals surface area contributed by atoms with E-state index >= 15 is 0 Å². The van der Waals surface area contributed by atoms with Crippen LogP contribution in [0.3, 0.4) is 0 Å². The van der Waals surface area contributed by atoms with Crippen molar-refractivity contribution in [3.05, 3.63) is 58.4 Å². The molecule has 0 amide bonds. The first kappa shape index (κ1) is 12.6. The number of nitro benzene ring substituents is 1. The van der Waals surface area contributed by atoms with Crippen molar-refractivity contribution >= 4 is 28.5 Å². The average Bonchev–Trinajstić information content (AvgIpc) is 2.80. The predicted octanol–water partition coefficient (Wildman–Crippen LogP) is 3.76. The van der Waals surface area contributed by atoms with Crippen molar-refractivity contribution in [1.29, 1.82) is 0 Å². The maximum atomic E-state index is 13.5. The molecule has 0 aliphatic rings. The number of nitrogens with zero attached hydrogens (tertiary/aromatic N) is 2. The Balaban J connectivity index is 2.02. The summed E-state index contributed by atoms with van der Waals surface area (Å²) in [6.45, 7) is 0. The van der Waals surface area contributed by atoms with Crippen LogP contribution in [0.2, 0.25) is 0 Å². The standard InChI is InChI=1S/C13H8FN3O2S/c14-8-4-3-7-11(12(8)17(18)19)20-13-15-9-5-1-2-6-10(9)16-13/h1-7H,(H,15,16). The van der Waals surface area contributed by atoms with Crippen molar-refractivity contribution in [2.75, 3.05) is 0 Å². The van der Waals surface area contributed by atoms with E-state index in [0.29, 0.717) is 5.16 Å². The van der Waals surface area contributed by atoms with E-state index in [2.05, 4.69) is 9.97 Å². The zero-order valence-corrected chi connectivity index (χ0v) is 10.9. The SMILES string of the molecule is O=[N+]([O-])c1c(F)cccc1Sc1nc2ccccc2[nH]1. The molecule has 0 saturated heterocycles. The summed E-state index contributed by atoms with van der Waals surface area (Å²) in [5.74, 6) is -0.851. The van der Waals surface area contributed by atoms with E-state index in [-0.39, 0.29) is 4.90 Å². The fraction of sp³-hybridized carbons (Fsp3) is 0. The van der Waals surface area contributed by atoms with Gasteiger partial charge in [-0.2, -0.15) is 4.39 Å². The highest BCUT2D eigenvalue weighted by Gasteiger charge is 2.21. The number of aromatic nitrogens is 2. The number of nitro groups is 1. The van der Waals surface area contributed by atoms with Crippen molar-refractivity contribution in [3.8, 4) is 0 Å². The van der Waals surface area contributed by atoms with Gasteiger partial charge in [0, 0.05) is 0 Å². The van der Waals surface area contributed by atoms with Crippen molar-refractivity contribution in [1.82, 2.24) is 9.97 Å². The molecule has 0 radical (unpaired) electrons. The second kappa shape index (κ2) is 4.93. The lowest BCUT2D eigenvalue weighted by Crippen LogP contribution is -1.94. The van der Waals surface area contributed by atoms with Gasteiger partial charge in [-0.05, 0) is 36.0 Å². The van der Waals surface area contributed by atoms with Crippen molar-refractivity contribution in [2.24, 2.45) is 0 Å². The molecule has 0 unspecified atom stereocenters. The summed E-state index contributed by atoms with van der Waals surface area (Å²) in [5.41, 5.74) is 1.06. The summed E-state index contributed by atoms with van der Waals surface area (Å²) in [6, 6.07) is 11.4. The summed E-state index contributed by atoms with van der Waals surface area (Å²) >= 11 is 1.03. The van der Waals surface area contributed by atoms with E-state index in [0.717, 1.165) is 28.9 Å². The van der Waals surface area contributed by atoms with Crippen LogP contribution in [0.5, 0.6) is 0 Å². The molecule has 0 saturated carbocycles. The van der Waals surface area contributed by atoms with Gasteiger partial charge in [-0.15, -0.1) is 0 Å². The van der Waals surface area contributed by atoms with E-state index in [1.54, 1.807) is 0 Å². The highest BCUT2D eigenvalue weighted by atomic mass is 32.2. The minimum absolute atomic E-state index is 0.217. The van der Waals surface area contributed by atoms with Gasteiger partial charge in [0.15, 0.2) is 5.16 Å². The fourth-order valence-electron chi connectivity index (χ4n) is 1.84. The van der Waals surface area contributed by atoms with E-state index in [1.807, 2.05) is 24.3 Å². The van der Waals surface area contributed by atoms with E-state index < -0.39 is 16.4 Å². The molecule has 0 aliphatic carbocycles. The summed E-state index contributed by atoms with van der Waals surface area (Å²) < 4.78 is 13.5. The zero-order chi connectivity index (χ0) is 14.1. The van der Waals surface area contributed by atoms with Crippen LogP contribution < -0.4 is 0 Å². The lowest BCUT2D eigenvalue weighted by Gasteiger charge is -2.00. The van der Waals surface area contributed by atoms with Crippen LogP contribution in [0.25, 0.3) is 11.0 Å². The quantitative estimate of drug-likeness (QED) is 0.588. The first-order valence-electron chi connectivity index (χ1n) is 5.70. The van der Waals surface area contributed by atoms with Crippen LogP contribution in [0.4, 0.5) is 10.1 Å². The third-order valence-electron chi connectivity index (χ3n) is 2.71. The molecule has 3 aromatic rings. The Kier molecular flexibility index (Phi) is 3.11. The maximum absolute atomic E-state index is 13.5. The number of benzene rings is 2. The fourth-order valence-corrected chi connectivity index (χ4v) is 2.77. The lowest BCUT2D eigenvalue weighted by molar-refractivity contribution is -0.390. The second-order valence-electron chi connectivity index (χ2n) is 4.00. The van der Waals surface area contributed by atoms with Gasteiger partial charge in [-0.3, -0.25) is 10.1 Å². The van der Waals surface area contributed by atoms with E-state index in [4.69, 9.17) is 0 Å². The Bertz CT molecular complexity index is 770. The minimum atomic E-state index is -0.851. The molecule has 1 N–H and O–H groups in total. The van der Waals surface area contributed by atoms with Gasteiger partial charge >= 0.3 is 5.69 Å². The predicted molar refractivity (Wildman–Crippen MR) is 73.3 cm³/mol. The number of aromatic amines is 1. The van der Waals surface area contributed by atoms with Gasteiger partial charge in [0.25, 0.3) is 0 Å². The van der Waals surface area contributed by atoms with Gasteiger partial charge in [0.2, 0.25) is 5.82 Å². The molecular formula is C13H8FN3O2S. The van der Waals surface area contributed by atoms with Crippen LogP contribution >= 0.6 is 11.8 Å². The van der Waals surface area contributed by atoms with Crippen LogP contribution in [0.15, 0.2) is 52.5 Å². The molecule has 5 nitrogen and oxygen atoms in total. The maximum Gasteiger partial charge on any atom is 0.318 e. The number of H-pyrrole nitrogens is 1. The Hall–Kier alpha value is -2.41. The first-order chi connectivity index (χ1) is 9.65. The number of fused-ring (bicyclic) bond motifs is 1. The molecule has 1 heterocycles. The molecule has 0 bridgehead atoms. The Labute approximate surface area is 117 Å². The molecule has 7 heteroatoms. The number of para-hydroxylation sites is 3. The van der Waals surface area contributed by atoms with Crippen LogP contribution in [-0.2, 0) is 0 Å². The highest BCUT2D eigenvalue weighted by Crippen LogP contribution is 2.35. The van der Waals surface area contributed by atoms with Crippen molar-refractivity contribution < 1.29 is 9.31 Å². The Morgan fingerprint density at radius 1 is 1.20 bits per heavy atom. The molecule has 0 fully saturated rings. The van der Waals surface area contributed by atoms with Gasteiger partial charge in [0.1, 0.15) is 0 Å². The molecular weight excluding hydrogens is 281 g/mol. The highest BCUT2D eigenvalue weighted by molar-refractivity contribution is 7.99. The lowest BCUT2D eigenvalue weighted by atomic mass is 10.3. The second-order valence-corrected chi connectivity index (χ2v) is 5.04. The molecule has 0 atom stereocenters. The van der Waals surface area contributed by atoms with Crippen molar-refractivity contribution in [2.45, 2.75) is 10.1 Å². The van der Waals surface area contributed by atoms with Crippen LogP contribution in [0, 0.1) is 15.9 Å². The zero-order valence-electron chi connectivity index (χ0n) is 10.0. The number of hydrogen-bond acceptors (Lipinski definition) is 4. The minimum Gasteiger partial charge on any atom is -0.333 e. The third kappa shape index (κ3) is 2.23. The van der Waals surface area contributed by atoms with Gasteiger partial charge in [-0.1, -0.05) is 18.2 Å². The van der Waals surface area contributed by atoms with Gasteiger partial charge < -0.3 is 4.98 Å². The third-order valence-corrected chi connectivity index (χ3v) is 3.64. The smallest absolute Gasteiger partial charge is 0.318 e. The molecule has 100 valence electrons. The summed E-state index contributed by atoms with van der Waals surface area (Å²) in [6.07, 6.45) is 0. The number of nitrogens with one attached hydrogen (secondary N) is 1. The average molecular weight is 289 g/mol. The molecule has 0 aliphatic heterocycles. The van der Waals surface area contributed by atoms with Crippen LogP contribution in [0.1, 0.15) is 0 Å². The van der Waals surface area contributed by atoms with Gasteiger partial charge in [0.05, 0.1) is 20.9 Å². The van der Waals surface area contributed by atoms with Crippen LogP contribution in [-0.4, -0.2) is 14.9 Å². The van der Waals surface area contributed by atoms with E-state index in [1.165, 1.54) is 12.1 Å².